The van der Waals surface area contributed by atoms with Crippen molar-refractivity contribution in [1.82, 2.24) is 0 Å². The number of rotatable bonds is 5. The maximum Gasteiger partial charge on any atom is 0.269 e. The average Bonchev–Trinajstić information content (AvgIpc) is 2.65. The number of hydrogen-bond acceptors (Lipinski definition) is 4. The van der Waals surface area contributed by atoms with Gasteiger partial charge in [0.05, 0.1) is 15.6 Å². The Balaban J connectivity index is 1.80. The van der Waals surface area contributed by atoms with Crippen molar-refractivity contribution < 1.29 is 14.5 Å². The fourth-order valence-electron chi connectivity index (χ4n) is 2.23. The molecular formula is C19H13ClN2O4. The summed E-state index contributed by atoms with van der Waals surface area (Å²) in [4.78, 5) is 22.6. The normalized spacial score (nSPS) is 10.2. The van der Waals surface area contributed by atoms with Crippen LogP contribution < -0.4 is 10.1 Å². The molecule has 3 rings (SSSR count). The predicted molar refractivity (Wildman–Crippen MR) is 99.0 cm³/mol. The third-order valence-corrected chi connectivity index (χ3v) is 3.84. The van der Waals surface area contributed by atoms with Crippen molar-refractivity contribution in [3.05, 3.63) is 93.5 Å². The summed E-state index contributed by atoms with van der Waals surface area (Å²) in [6.07, 6.45) is 0. The highest BCUT2D eigenvalue weighted by Gasteiger charge is 2.13. The summed E-state index contributed by atoms with van der Waals surface area (Å²) in [5, 5.41) is 13.9. The molecule has 0 heterocycles. The lowest BCUT2D eigenvalue weighted by molar-refractivity contribution is -0.384. The van der Waals surface area contributed by atoms with E-state index in [1.807, 2.05) is 0 Å². The van der Waals surface area contributed by atoms with Crippen molar-refractivity contribution >= 4 is 28.9 Å². The van der Waals surface area contributed by atoms with E-state index >= 15 is 0 Å². The zero-order chi connectivity index (χ0) is 18.5. The molecule has 0 aliphatic heterocycles. The molecule has 26 heavy (non-hydrogen) atoms. The number of anilines is 1. The van der Waals surface area contributed by atoms with Crippen molar-refractivity contribution in [3.8, 4) is 11.5 Å². The van der Waals surface area contributed by atoms with E-state index in [0.29, 0.717) is 27.8 Å². The Morgan fingerprint density at radius 1 is 0.923 bits per heavy atom. The molecule has 0 saturated heterocycles. The van der Waals surface area contributed by atoms with E-state index in [-0.39, 0.29) is 5.69 Å². The molecule has 0 aliphatic carbocycles. The van der Waals surface area contributed by atoms with E-state index in [1.54, 1.807) is 48.5 Å². The lowest BCUT2D eigenvalue weighted by atomic mass is 10.2. The topological polar surface area (TPSA) is 81.5 Å². The number of nitrogens with zero attached hydrogens (tertiary/aromatic N) is 1. The van der Waals surface area contributed by atoms with Gasteiger partial charge in [-0.3, -0.25) is 14.9 Å². The number of nitro groups is 1. The molecule has 0 bridgehead atoms. The molecule has 3 aromatic carbocycles. The van der Waals surface area contributed by atoms with Gasteiger partial charge in [0.25, 0.3) is 11.6 Å². The summed E-state index contributed by atoms with van der Waals surface area (Å²) in [5.41, 5.74) is 0.669. The summed E-state index contributed by atoms with van der Waals surface area (Å²) in [5.74, 6) is 0.483. The van der Waals surface area contributed by atoms with Gasteiger partial charge in [-0.25, -0.2) is 0 Å². The number of non-ortho nitro benzene ring substituents is 1. The van der Waals surface area contributed by atoms with Gasteiger partial charge in [-0.05, 0) is 36.4 Å². The predicted octanol–water partition coefficient (Wildman–Crippen LogP) is 5.29. The molecule has 0 spiro atoms. The standard InChI is InChI=1S/C19H13ClN2O4/c20-15-5-1-3-7-17(15)26-18-8-4-2-6-16(18)21-19(23)13-9-11-14(12-10-13)22(24)25/h1-12H,(H,21,23). The van der Waals surface area contributed by atoms with Crippen LogP contribution in [0.1, 0.15) is 10.4 Å². The van der Waals surface area contributed by atoms with Gasteiger partial charge >= 0.3 is 0 Å². The molecule has 0 aliphatic rings. The number of para-hydroxylation sites is 3. The lowest BCUT2D eigenvalue weighted by Gasteiger charge is -2.13. The van der Waals surface area contributed by atoms with Crippen molar-refractivity contribution in [1.29, 1.82) is 0 Å². The van der Waals surface area contributed by atoms with Crippen LogP contribution in [0.2, 0.25) is 5.02 Å². The smallest absolute Gasteiger partial charge is 0.269 e. The first-order valence-corrected chi connectivity index (χ1v) is 7.99. The third-order valence-electron chi connectivity index (χ3n) is 3.53. The van der Waals surface area contributed by atoms with Crippen molar-refractivity contribution in [2.75, 3.05) is 5.32 Å². The van der Waals surface area contributed by atoms with E-state index < -0.39 is 10.8 Å². The largest absolute Gasteiger partial charge is 0.454 e. The lowest BCUT2D eigenvalue weighted by Crippen LogP contribution is -2.12. The number of nitrogens with one attached hydrogen (secondary N) is 1. The van der Waals surface area contributed by atoms with Crippen molar-refractivity contribution in [3.63, 3.8) is 0 Å². The molecule has 1 N–H and O–H groups in total. The number of carbonyl (C=O) groups excluding carboxylic acids is 1. The maximum atomic E-state index is 12.4. The van der Waals surface area contributed by atoms with E-state index in [4.69, 9.17) is 16.3 Å². The van der Waals surface area contributed by atoms with Gasteiger partial charge in [-0.2, -0.15) is 0 Å². The molecule has 1 amide bonds. The molecule has 0 fully saturated rings. The first-order valence-electron chi connectivity index (χ1n) is 7.62. The highest BCUT2D eigenvalue weighted by atomic mass is 35.5. The molecule has 0 unspecified atom stereocenters. The minimum atomic E-state index is -0.519. The molecular weight excluding hydrogens is 356 g/mol. The Bertz CT molecular complexity index is 958. The van der Waals surface area contributed by atoms with Crippen LogP contribution in [0.25, 0.3) is 0 Å². The highest BCUT2D eigenvalue weighted by molar-refractivity contribution is 6.32. The molecule has 0 aromatic heterocycles. The number of carbonyl (C=O) groups is 1. The third kappa shape index (κ3) is 3.99. The van der Waals surface area contributed by atoms with Crippen LogP contribution in [-0.2, 0) is 0 Å². The van der Waals surface area contributed by atoms with Gasteiger partial charge < -0.3 is 10.1 Å². The molecule has 3 aromatic rings. The summed E-state index contributed by atoms with van der Waals surface area (Å²) in [6.45, 7) is 0. The Morgan fingerprint density at radius 2 is 1.54 bits per heavy atom. The van der Waals surface area contributed by atoms with Gasteiger partial charge in [0.1, 0.15) is 5.75 Å². The van der Waals surface area contributed by atoms with E-state index in [1.165, 1.54) is 24.3 Å². The van der Waals surface area contributed by atoms with Crippen molar-refractivity contribution in [2.24, 2.45) is 0 Å². The van der Waals surface area contributed by atoms with Crippen LogP contribution >= 0.6 is 11.6 Å². The summed E-state index contributed by atoms with van der Waals surface area (Å²) in [6, 6.07) is 19.3. The average molecular weight is 369 g/mol. The van der Waals surface area contributed by atoms with Gasteiger partial charge in [-0.1, -0.05) is 35.9 Å². The Hall–Kier alpha value is -3.38. The minimum absolute atomic E-state index is 0.0796. The molecule has 130 valence electrons. The Labute approximate surface area is 154 Å². The number of halogens is 1. The fourth-order valence-corrected chi connectivity index (χ4v) is 2.41. The van der Waals surface area contributed by atoms with Crippen LogP contribution in [0.15, 0.2) is 72.8 Å². The van der Waals surface area contributed by atoms with Gasteiger partial charge in [0.2, 0.25) is 0 Å². The molecule has 0 radical (unpaired) electrons. The summed E-state index contributed by atoms with van der Waals surface area (Å²) < 4.78 is 5.79. The SMILES string of the molecule is O=C(Nc1ccccc1Oc1ccccc1Cl)c1ccc([N+](=O)[O-])cc1. The van der Waals surface area contributed by atoms with Crippen LogP contribution in [-0.4, -0.2) is 10.8 Å². The maximum absolute atomic E-state index is 12.4. The van der Waals surface area contributed by atoms with Crippen LogP contribution in [0.5, 0.6) is 11.5 Å². The molecule has 7 heteroatoms. The Morgan fingerprint density at radius 3 is 2.19 bits per heavy atom. The second-order valence-corrected chi connectivity index (χ2v) is 5.69. The number of hydrogen-bond donors (Lipinski definition) is 1. The molecule has 0 atom stereocenters. The van der Waals surface area contributed by atoms with Crippen LogP contribution in [0.3, 0.4) is 0 Å². The van der Waals surface area contributed by atoms with Gasteiger partial charge in [-0.15, -0.1) is 0 Å². The monoisotopic (exact) mass is 368 g/mol. The zero-order valence-corrected chi connectivity index (χ0v) is 14.1. The van der Waals surface area contributed by atoms with Gasteiger partial charge in [0.15, 0.2) is 5.75 Å². The quantitative estimate of drug-likeness (QED) is 0.489. The Kier molecular flexibility index (Phi) is 5.15. The fraction of sp³-hybridized carbons (Fsp3) is 0. The molecule has 0 saturated carbocycles. The summed E-state index contributed by atoms with van der Waals surface area (Å²) >= 11 is 6.10. The van der Waals surface area contributed by atoms with Gasteiger partial charge in [0, 0.05) is 17.7 Å². The molecule has 6 nitrogen and oxygen atoms in total. The van der Waals surface area contributed by atoms with Crippen LogP contribution in [0.4, 0.5) is 11.4 Å². The zero-order valence-electron chi connectivity index (χ0n) is 13.4. The van der Waals surface area contributed by atoms with E-state index in [2.05, 4.69) is 5.32 Å². The summed E-state index contributed by atoms with van der Waals surface area (Å²) in [7, 11) is 0. The van der Waals surface area contributed by atoms with Crippen molar-refractivity contribution in [2.45, 2.75) is 0 Å². The first-order chi connectivity index (χ1) is 12.5. The second-order valence-electron chi connectivity index (χ2n) is 5.29. The van der Waals surface area contributed by atoms with E-state index in [9.17, 15) is 14.9 Å². The number of amides is 1. The number of benzene rings is 3. The number of nitro benzene ring substituents is 1. The minimum Gasteiger partial charge on any atom is -0.454 e. The number of ether oxygens (including phenoxy) is 1. The first kappa shape index (κ1) is 17.4. The van der Waals surface area contributed by atoms with E-state index in [0.717, 1.165) is 0 Å². The highest BCUT2D eigenvalue weighted by Crippen LogP contribution is 2.33. The van der Waals surface area contributed by atoms with Crippen LogP contribution in [0, 0.1) is 10.1 Å². The second kappa shape index (κ2) is 7.67.